The fourth-order valence-electron chi connectivity index (χ4n) is 2.24. The van der Waals surface area contributed by atoms with Gasteiger partial charge >= 0.3 is 5.97 Å². The van der Waals surface area contributed by atoms with E-state index in [9.17, 15) is 4.79 Å². The van der Waals surface area contributed by atoms with E-state index < -0.39 is 0 Å². The van der Waals surface area contributed by atoms with Crippen molar-refractivity contribution in [3.8, 4) is 5.75 Å². The van der Waals surface area contributed by atoms with E-state index in [4.69, 9.17) is 9.47 Å². The fraction of sp³-hybridized carbons (Fsp3) is 0.294. The number of carbonyl (C=O) groups excluding carboxylic acids is 1. The summed E-state index contributed by atoms with van der Waals surface area (Å²) in [4.78, 5) is 15.9. The number of esters is 1. The number of hydrogen-bond acceptors (Lipinski definition) is 4. The van der Waals surface area contributed by atoms with Crippen molar-refractivity contribution in [1.82, 2.24) is 4.98 Å². The van der Waals surface area contributed by atoms with Crippen molar-refractivity contribution in [3.63, 3.8) is 0 Å². The topological polar surface area (TPSA) is 48.4 Å². The number of carbonyl (C=O) groups is 1. The van der Waals surface area contributed by atoms with Gasteiger partial charge < -0.3 is 9.47 Å². The maximum absolute atomic E-state index is 11.4. The summed E-state index contributed by atoms with van der Waals surface area (Å²) in [5.74, 6) is 0.441. The minimum absolute atomic E-state index is 0.343. The molecule has 110 valence electrons. The van der Waals surface area contributed by atoms with Crippen molar-refractivity contribution in [2.75, 3.05) is 13.7 Å². The molecule has 0 saturated carbocycles. The van der Waals surface area contributed by atoms with Crippen LogP contribution in [0.3, 0.4) is 0 Å². The van der Waals surface area contributed by atoms with Gasteiger partial charge in [0.15, 0.2) is 0 Å². The number of fused-ring (bicyclic) bond motifs is 1. The molecule has 21 heavy (non-hydrogen) atoms. The molecule has 0 amide bonds. The van der Waals surface area contributed by atoms with Crippen molar-refractivity contribution in [3.05, 3.63) is 41.1 Å². The monoisotopic (exact) mass is 285 g/mol. The molecule has 1 aromatic heterocycles. The molecule has 2 rings (SSSR count). The molecular weight excluding hydrogens is 266 g/mol. The normalized spacial score (nSPS) is 11.0. The van der Waals surface area contributed by atoms with E-state index in [1.165, 1.54) is 6.08 Å². The number of methoxy groups -OCH3 is 1. The van der Waals surface area contributed by atoms with Crippen LogP contribution in [0.1, 0.15) is 23.7 Å². The molecule has 4 heteroatoms. The highest BCUT2D eigenvalue weighted by molar-refractivity contribution is 5.92. The van der Waals surface area contributed by atoms with Gasteiger partial charge in [-0.2, -0.15) is 0 Å². The summed E-state index contributed by atoms with van der Waals surface area (Å²) in [7, 11) is 1.64. The lowest BCUT2D eigenvalue weighted by molar-refractivity contribution is -0.137. The van der Waals surface area contributed by atoms with E-state index in [-0.39, 0.29) is 5.97 Å². The summed E-state index contributed by atoms with van der Waals surface area (Å²) >= 11 is 0. The van der Waals surface area contributed by atoms with Crippen LogP contribution in [0.15, 0.2) is 24.3 Å². The van der Waals surface area contributed by atoms with Gasteiger partial charge in [-0.15, -0.1) is 0 Å². The fourth-order valence-corrected chi connectivity index (χ4v) is 2.24. The number of benzene rings is 1. The third-order valence-electron chi connectivity index (χ3n) is 3.13. The molecule has 4 nitrogen and oxygen atoms in total. The van der Waals surface area contributed by atoms with Gasteiger partial charge in [-0.25, -0.2) is 4.79 Å². The van der Waals surface area contributed by atoms with E-state index in [1.807, 2.05) is 32.0 Å². The van der Waals surface area contributed by atoms with Crippen molar-refractivity contribution < 1.29 is 14.3 Å². The second-order valence-electron chi connectivity index (χ2n) is 4.79. The molecule has 0 spiro atoms. The molecule has 0 N–H and O–H groups in total. The number of aryl methyl sites for hydroxylation is 2. The van der Waals surface area contributed by atoms with Gasteiger partial charge in [-0.3, -0.25) is 4.98 Å². The third-order valence-corrected chi connectivity index (χ3v) is 3.13. The van der Waals surface area contributed by atoms with Crippen LogP contribution in [0, 0.1) is 13.8 Å². The molecule has 1 aromatic carbocycles. The molecular formula is C17H19NO3. The smallest absolute Gasteiger partial charge is 0.330 e. The van der Waals surface area contributed by atoms with Gasteiger partial charge in [-0.05, 0) is 50.1 Å². The second-order valence-corrected chi connectivity index (χ2v) is 4.79. The summed E-state index contributed by atoms with van der Waals surface area (Å²) in [6.07, 6.45) is 3.17. The molecule has 0 atom stereocenters. The van der Waals surface area contributed by atoms with Crippen LogP contribution >= 0.6 is 0 Å². The molecule has 0 radical (unpaired) electrons. The maximum Gasteiger partial charge on any atom is 0.330 e. The van der Waals surface area contributed by atoms with Crippen LogP contribution in [0.5, 0.6) is 5.75 Å². The van der Waals surface area contributed by atoms with Crippen LogP contribution < -0.4 is 4.74 Å². The zero-order chi connectivity index (χ0) is 15.4. The Morgan fingerprint density at radius 1 is 1.29 bits per heavy atom. The minimum Gasteiger partial charge on any atom is -0.496 e. The van der Waals surface area contributed by atoms with Crippen LogP contribution in [0.2, 0.25) is 0 Å². The van der Waals surface area contributed by atoms with Crippen molar-refractivity contribution in [2.45, 2.75) is 20.8 Å². The average Bonchev–Trinajstić information content (AvgIpc) is 2.45. The predicted molar refractivity (Wildman–Crippen MR) is 83.4 cm³/mol. The molecule has 1 heterocycles. The zero-order valence-corrected chi connectivity index (χ0v) is 12.8. The number of ether oxygens (including phenoxy) is 2. The van der Waals surface area contributed by atoms with Crippen LogP contribution in [0.4, 0.5) is 0 Å². The van der Waals surface area contributed by atoms with E-state index in [1.54, 1.807) is 20.1 Å². The van der Waals surface area contributed by atoms with Crippen molar-refractivity contribution >= 4 is 22.9 Å². The van der Waals surface area contributed by atoms with Crippen molar-refractivity contribution in [1.29, 1.82) is 0 Å². The maximum atomic E-state index is 11.4. The van der Waals surface area contributed by atoms with E-state index >= 15 is 0 Å². The highest BCUT2D eigenvalue weighted by atomic mass is 16.5. The lowest BCUT2D eigenvalue weighted by Gasteiger charge is -2.10. The predicted octanol–water partition coefficient (Wildman–Crippen LogP) is 3.44. The molecule has 0 bridgehead atoms. The Labute approximate surface area is 124 Å². The summed E-state index contributed by atoms with van der Waals surface area (Å²) in [6, 6.07) is 5.86. The van der Waals surface area contributed by atoms with Gasteiger partial charge in [-0.1, -0.05) is 0 Å². The molecule has 0 unspecified atom stereocenters. The Hall–Kier alpha value is -2.36. The first-order valence-corrected chi connectivity index (χ1v) is 6.86. The SMILES string of the molecule is CCOC(=O)/C=C/c1cc(C)c2nc(C)cc(OC)c2c1. The Kier molecular flexibility index (Phi) is 4.58. The van der Waals surface area contributed by atoms with Crippen LogP contribution in [-0.2, 0) is 9.53 Å². The standard InChI is InChI=1S/C17H19NO3/c1-5-21-16(19)7-6-13-8-11(2)17-14(10-13)15(20-4)9-12(3)18-17/h6-10H,5H2,1-4H3/b7-6+. The van der Waals surface area contributed by atoms with Gasteiger partial charge in [0.1, 0.15) is 5.75 Å². The molecule has 0 aliphatic heterocycles. The minimum atomic E-state index is -0.343. The van der Waals surface area contributed by atoms with Gasteiger partial charge in [0, 0.05) is 23.2 Å². The summed E-state index contributed by atoms with van der Waals surface area (Å²) in [5, 5.41) is 0.937. The summed E-state index contributed by atoms with van der Waals surface area (Å²) in [6.45, 7) is 6.09. The number of rotatable bonds is 4. The zero-order valence-electron chi connectivity index (χ0n) is 12.8. The van der Waals surface area contributed by atoms with Gasteiger partial charge in [0.2, 0.25) is 0 Å². The molecule has 0 aliphatic carbocycles. The number of nitrogens with zero attached hydrogens (tertiary/aromatic N) is 1. The Balaban J connectivity index is 2.49. The summed E-state index contributed by atoms with van der Waals surface area (Å²) < 4.78 is 10.3. The van der Waals surface area contributed by atoms with E-state index in [0.29, 0.717) is 6.61 Å². The van der Waals surface area contributed by atoms with Gasteiger partial charge in [0.25, 0.3) is 0 Å². The van der Waals surface area contributed by atoms with Crippen LogP contribution in [-0.4, -0.2) is 24.7 Å². The summed E-state index contributed by atoms with van der Waals surface area (Å²) in [5.41, 5.74) is 3.78. The largest absolute Gasteiger partial charge is 0.496 e. The van der Waals surface area contributed by atoms with Crippen molar-refractivity contribution in [2.24, 2.45) is 0 Å². The molecule has 0 aliphatic rings. The Bertz CT molecular complexity index is 705. The molecule has 2 aromatic rings. The molecule has 0 fully saturated rings. The average molecular weight is 285 g/mol. The van der Waals surface area contributed by atoms with Gasteiger partial charge in [0.05, 0.1) is 19.2 Å². The highest BCUT2D eigenvalue weighted by Crippen LogP contribution is 2.29. The quantitative estimate of drug-likeness (QED) is 0.638. The first kappa shape index (κ1) is 15.0. The van der Waals surface area contributed by atoms with Crippen LogP contribution in [0.25, 0.3) is 17.0 Å². The first-order chi connectivity index (χ1) is 10.0. The first-order valence-electron chi connectivity index (χ1n) is 6.86. The Morgan fingerprint density at radius 2 is 2.05 bits per heavy atom. The second kappa shape index (κ2) is 6.39. The highest BCUT2D eigenvalue weighted by Gasteiger charge is 2.08. The number of pyridine rings is 1. The number of aromatic nitrogens is 1. The number of hydrogen-bond donors (Lipinski definition) is 0. The van der Waals surface area contributed by atoms with E-state index in [2.05, 4.69) is 4.98 Å². The third kappa shape index (κ3) is 3.40. The van der Waals surface area contributed by atoms with E-state index in [0.717, 1.165) is 33.5 Å². The lowest BCUT2D eigenvalue weighted by Crippen LogP contribution is -1.98. The molecule has 0 saturated heterocycles. The lowest BCUT2D eigenvalue weighted by atomic mass is 10.0. The Morgan fingerprint density at radius 3 is 2.71 bits per heavy atom.